The Bertz CT molecular complexity index is 1070. The zero-order chi connectivity index (χ0) is 23.1. The van der Waals surface area contributed by atoms with E-state index >= 15 is 0 Å². The topological polar surface area (TPSA) is 30.9 Å². The van der Waals surface area contributed by atoms with Gasteiger partial charge in [-0.2, -0.15) is 0 Å². The van der Waals surface area contributed by atoms with Crippen LogP contribution < -0.4 is 5.32 Å². The van der Waals surface area contributed by atoms with Gasteiger partial charge in [-0.1, -0.05) is 0 Å². The summed E-state index contributed by atoms with van der Waals surface area (Å²) in [5.41, 5.74) is 0.728. The summed E-state index contributed by atoms with van der Waals surface area (Å²) in [5, 5.41) is 3.57. The Labute approximate surface area is 150 Å². The van der Waals surface area contributed by atoms with Crippen LogP contribution in [0.15, 0.2) is 29.3 Å². The molecule has 2 aliphatic heterocycles. The van der Waals surface area contributed by atoms with Crippen molar-refractivity contribution in [2.24, 2.45) is 4.99 Å². The lowest BCUT2D eigenvalue weighted by molar-refractivity contribution is 0.216. The molecule has 4 nitrogen and oxygen atoms in total. The summed E-state index contributed by atoms with van der Waals surface area (Å²) in [4.78, 5) is 5.95. The van der Waals surface area contributed by atoms with Crippen LogP contribution >= 0.6 is 11.3 Å². The summed E-state index contributed by atoms with van der Waals surface area (Å²) in [7, 11) is 0.994. The third-order valence-electron chi connectivity index (χ3n) is 3.40. The molecule has 4 rings (SSSR count). The van der Waals surface area contributed by atoms with Crippen molar-refractivity contribution in [1.82, 2.24) is 9.80 Å². The van der Waals surface area contributed by atoms with Crippen molar-refractivity contribution in [3.05, 3.63) is 40.5 Å². The Morgan fingerprint density at radius 1 is 1.26 bits per heavy atom. The number of nitrogens with zero attached hydrogens (tertiary/aromatic N) is 3. The molecular formula is C17H19FN4S. The average Bonchev–Trinajstić information content (AvgIpc) is 2.94. The van der Waals surface area contributed by atoms with Gasteiger partial charge in [0.25, 0.3) is 0 Å². The van der Waals surface area contributed by atoms with Crippen molar-refractivity contribution >= 4 is 33.5 Å². The number of fused-ring (bicyclic) bond motifs is 2. The van der Waals surface area contributed by atoms with E-state index in [1.165, 1.54) is 23.5 Å². The summed E-state index contributed by atoms with van der Waals surface area (Å²) in [6, 6.07) is 5.39. The normalized spacial score (nSPS) is 31.8. The van der Waals surface area contributed by atoms with Crippen molar-refractivity contribution in [3.63, 3.8) is 0 Å². The molecule has 0 amide bonds. The van der Waals surface area contributed by atoms with E-state index in [1.54, 1.807) is 13.0 Å². The van der Waals surface area contributed by atoms with Crippen LogP contribution in [0.4, 0.5) is 20.8 Å². The third kappa shape index (κ3) is 2.72. The van der Waals surface area contributed by atoms with Crippen LogP contribution in [-0.2, 0) is 0 Å². The Balaban J connectivity index is 2.05. The molecule has 1 N–H and O–H groups in total. The van der Waals surface area contributed by atoms with E-state index < -0.39 is 31.8 Å². The van der Waals surface area contributed by atoms with E-state index in [2.05, 4.69) is 10.3 Å². The predicted molar refractivity (Wildman–Crippen MR) is 94.0 cm³/mol. The lowest BCUT2D eigenvalue weighted by atomic mass is 10.2. The number of anilines is 2. The highest BCUT2D eigenvalue weighted by molar-refractivity contribution is 7.16. The summed E-state index contributed by atoms with van der Waals surface area (Å²) >= 11 is 1.28. The second-order valence-corrected chi connectivity index (χ2v) is 6.42. The number of amidine groups is 1. The minimum absolute atomic E-state index is 0.0581. The number of hydrogen-bond acceptors (Lipinski definition) is 5. The highest BCUT2D eigenvalue weighted by Crippen LogP contribution is 2.39. The first-order valence-corrected chi connectivity index (χ1v) is 7.74. The monoisotopic (exact) mass is 338 g/mol. The van der Waals surface area contributed by atoms with Crippen LogP contribution in [0, 0.1) is 12.7 Å². The average molecular weight is 338 g/mol. The molecule has 1 aromatic carbocycles. The quantitative estimate of drug-likeness (QED) is 0.796. The number of halogens is 1. The molecule has 2 aliphatic rings. The fraction of sp³-hybridized carbons (Fsp3) is 0.353. The number of rotatable bonds is 0. The first kappa shape index (κ1) is 8.26. The van der Waals surface area contributed by atoms with Crippen LogP contribution in [0.2, 0.25) is 0 Å². The number of benzene rings is 1. The number of aryl methyl sites for hydroxylation is 1. The Morgan fingerprint density at radius 2 is 2.04 bits per heavy atom. The van der Waals surface area contributed by atoms with Crippen molar-refractivity contribution < 1.29 is 15.4 Å². The van der Waals surface area contributed by atoms with Gasteiger partial charge in [0.1, 0.15) is 16.7 Å². The van der Waals surface area contributed by atoms with Gasteiger partial charge in [0, 0.05) is 42.4 Å². The smallest absolute Gasteiger partial charge is 0.139 e. The van der Waals surface area contributed by atoms with E-state index in [4.69, 9.17) is 11.0 Å². The Kier molecular flexibility index (Phi) is 2.02. The molecule has 0 bridgehead atoms. The first-order valence-electron chi connectivity index (χ1n) is 10.9. The van der Waals surface area contributed by atoms with Crippen molar-refractivity contribution in [2.75, 3.05) is 38.4 Å². The van der Waals surface area contributed by atoms with Gasteiger partial charge in [0.2, 0.25) is 0 Å². The number of nitrogens with one attached hydrogen (secondary N) is 1. The van der Waals surface area contributed by atoms with Crippen LogP contribution in [0.5, 0.6) is 0 Å². The van der Waals surface area contributed by atoms with Crippen molar-refractivity contribution in [3.8, 4) is 0 Å². The lowest BCUT2D eigenvalue weighted by Crippen LogP contribution is -2.47. The van der Waals surface area contributed by atoms with Crippen LogP contribution in [-0.4, -0.2) is 48.7 Å². The Hall–Kier alpha value is -1.92. The van der Waals surface area contributed by atoms with Gasteiger partial charge in [-0.25, -0.2) is 9.38 Å². The molecule has 1 aromatic heterocycles. The molecule has 3 heterocycles. The largest absolute Gasteiger partial charge is 0.353 e. The van der Waals surface area contributed by atoms with Gasteiger partial charge in [-0.3, -0.25) is 0 Å². The molecule has 0 radical (unpaired) electrons. The third-order valence-corrected chi connectivity index (χ3v) is 4.37. The molecule has 1 saturated heterocycles. The SMILES string of the molecule is [2H]C1([2H])N(C)C([2H])([2H])C([2H])([2H])N(C2=Nc3cc(F)ccc3Nc3sc(C)cc32)C1([2H])[2H]. The number of aliphatic imine (C=N–C) groups is 1. The second-order valence-electron chi connectivity index (χ2n) is 5.16. The van der Waals surface area contributed by atoms with E-state index in [0.717, 1.165) is 18.0 Å². The van der Waals surface area contributed by atoms with Gasteiger partial charge < -0.3 is 15.1 Å². The molecule has 120 valence electrons. The molecule has 0 atom stereocenters. The van der Waals surface area contributed by atoms with Crippen molar-refractivity contribution in [1.29, 1.82) is 0 Å². The van der Waals surface area contributed by atoms with Crippen LogP contribution in [0.3, 0.4) is 0 Å². The minimum Gasteiger partial charge on any atom is -0.353 e. The zero-order valence-corrected chi connectivity index (χ0v) is 13.3. The fourth-order valence-electron chi connectivity index (χ4n) is 2.36. The summed E-state index contributed by atoms with van der Waals surface area (Å²) in [6.07, 6.45) is 0. The standard InChI is InChI=1S/C17H19FN4S/c1-11-9-13-16(22-7-5-21(2)6-8-22)19-15-10-12(18)3-4-14(15)20-17(13)23-11/h3-4,9-10,20H,5-8H2,1-2H3/i5D2,6D2,7D2,8D2. The highest BCUT2D eigenvalue weighted by atomic mass is 32.1. The van der Waals surface area contributed by atoms with Crippen molar-refractivity contribution in [2.45, 2.75) is 6.92 Å². The zero-order valence-electron chi connectivity index (χ0n) is 20.4. The fourth-order valence-corrected chi connectivity index (χ4v) is 3.27. The van der Waals surface area contributed by atoms with E-state index in [0.29, 0.717) is 20.5 Å². The van der Waals surface area contributed by atoms with Crippen LogP contribution in [0.25, 0.3) is 0 Å². The lowest BCUT2D eigenvalue weighted by Gasteiger charge is -2.34. The summed E-state index contributed by atoms with van der Waals surface area (Å²) in [6.45, 7) is -10.2. The van der Waals surface area contributed by atoms with E-state index in [1.807, 2.05) is 0 Å². The Morgan fingerprint density at radius 3 is 2.83 bits per heavy atom. The van der Waals surface area contributed by atoms with E-state index in [9.17, 15) is 4.39 Å². The number of thiophene rings is 1. The van der Waals surface area contributed by atoms with Gasteiger partial charge in [0.05, 0.1) is 22.4 Å². The van der Waals surface area contributed by atoms with Gasteiger partial charge in [-0.15, -0.1) is 11.3 Å². The second kappa shape index (κ2) is 5.62. The molecule has 1 fully saturated rings. The molecule has 0 unspecified atom stereocenters. The van der Waals surface area contributed by atoms with Gasteiger partial charge >= 0.3 is 0 Å². The first-order chi connectivity index (χ1) is 14.1. The predicted octanol–water partition coefficient (Wildman–Crippen LogP) is 3.58. The summed E-state index contributed by atoms with van der Waals surface area (Å²) in [5.74, 6) is -0.938. The number of likely N-dealkylation sites (N-methyl/N-ethyl adjacent to an activating group) is 1. The van der Waals surface area contributed by atoms with E-state index in [-0.39, 0.29) is 17.1 Å². The molecule has 2 aromatic rings. The maximum absolute atomic E-state index is 13.9. The maximum Gasteiger partial charge on any atom is 0.139 e. The highest BCUT2D eigenvalue weighted by Gasteiger charge is 2.25. The number of hydrogen-bond donors (Lipinski definition) is 1. The molecular weight excluding hydrogens is 311 g/mol. The molecule has 0 saturated carbocycles. The van der Waals surface area contributed by atoms with Crippen LogP contribution in [0.1, 0.15) is 21.4 Å². The molecule has 0 spiro atoms. The summed E-state index contributed by atoms with van der Waals surface area (Å²) < 4.78 is 81.2. The van der Waals surface area contributed by atoms with Gasteiger partial charge in [-0.05, 0) is 32.2 Å². The van der Waals surface area contributed by atoms with Gasteiger partial charge in [0.15, 0.2) is 0 Å². The maximum atomic E-state index is 13.9. The molecule has 0 aliphatic carbocycles. The molecule has 6 heteroatoms. The minimum atomic E-state index is -3.04. The molecule has 23 heavy (non-hydrogen) atoms. The number of piperazine rings is 1.